The van der Waals surface area contributed by atoms with Crippen molar-refractivity contribution in [2.24, 2.45) is 0 Å². The highest BCUT2D eigenvalue weighted by atomic mass is 35.5. The average Bonchev–Trinajstić information content (AvgIpc) is 2.30. The molecule has 0 aliphatic rings. The number of halogens is 1. The minimum atomic E-state index is 0.0394. The van der Waals surface area contributed by atoms with Crippen molar-refractivity contribution >= 4 is 11.6 Å². The average molecular weight is 240 g/mol. The molecule has 0 aliphatic carbocycles. The van der Waals surface area contributed by atoms with Gasteiger partial charge in [-0.25, -0.2) is 0 Å². The van der Waals surface area contributed by atoms with Crippen molar-refractivity contribution in [2.75, 3.05) is 5.88 Å². The zero-order valence-electron chi connectivity index (χ0n) is 10.7. The number of rotatable bonds is 5. The van der Waals surface area contributed by atoms with Gasteiger partial charge in [0.2, 0.25) is 0 Å². The van der Waals surface area contributed by atoms with E-state index in [1.165, 1.54) is 16.7 Å². The first-order valence-corrected chi connectivity index (χ1v) is 6.41. The van der Waals surface area contributed by atoms with E-state index >= 15 is 0 Å². The van der Waals surface area contributed by atoms with Gasteiger partial charge in [0.05, 0.1) is 0 Å². The molecule has 0 saturated heterocycles. The van der Waals surface area contributed by atoms with Crippen LogP contribution < -0.4 is 5.32 Å². The van der Waals surface area contributed by atoms with Crippen LogP contribution in [0.2, 0.25) is 0 Å². The summed E-state index contributed by atoms with van der Waals surface area (Å²) in [5.74, 6) is 0.647. The Balaban J connectivity index is 2.70. The van der Waals surface area contributed by atoms with Crippen molar-refractivity contribution in [1.82, 2.24) is 5.32 Å². The molecule has 1 nitrogen and oxygen atoms in total. The second kappa shape index (κ2) is 5.70. The Bertz CT molecular complexity index is 343. The minimum Gasteiger partial charge on any atom is -0.306 e. The van der Waals surface area contributed by atoms with E-state index < -0.39 is 0 Å². The lowest BCUT2D eigenvalue weighted by molar-refractivity contribution is 0.379. The van der Waals surface area contributed by atoms with Gasteiger partial charge in [-0.1, -0.05) is 30.7 Å². The molecule has 0 spiro atoms. The quantitative estimate of drug-likeness (QED) is 0.771. The van der Waals surface area contributed by atoms with Crippen molar-refractivity contribution < 1.29 is 0 Å². The summed E-state index contributed by atoms with van der Waals surface area (Å²) in [5.41, 5.74) is 4.06. The molecule has 2 heteroatoms. The lowest BCUT2D eigenvalue weighted by atomic mass is 10.00. The number of alkyl halides is 1. The fraction of sp³-hybridized carbons (Fsp3) is 0.571. The predicted molar refractivity (Wildman–Crippen MR) is 72.2 cm³/mol. The molecule has 1 N–H and O–H groups in total. The SMILES string of the molecule is CCC(C)(CCl)NCc1cc(C)ccc1C. The van der Waals surface area contributed by atoms with E-state index in [1.807, 2.05) is 0 Å². The third-order valence-electron chi connectivity index (χ3n) is 3.29. The molecule has 0 bridgehead atoms. The van der Waals surface area contributed by atoms with Crippen molar-refractivity contribution in [2.45, 2.75) is 46.2 Å². The Kier molecular flexibility index (Phi) is 4.82. The molecule has 0 aromatic heterocycles. The molecule has 1 rings (SSSR count). The molecule has 0 saturated carbocycles. The van der Waals surface area contributed by atoms with Gasteiger partial charge in [0, 0.05) is 18.0 Å². The molecule has 0 fully saturated rings. The smallest absolute Gasteiger partial charge is 0.0403 e. The summed E-state index contributed by atoms with van der Waals surface area (Å²) in [5, 5.41) is 3.55. The van der Waals surface area contributed by atoms with Crippen molar-refractivity contribution in [3.05, 3.63) is 34.9 Å². The van der Waals surface area contributed by atoms with Crippen LogP contribution in [0.25, 0.3) is 0 Å². The number of benzene rings is 1. The van der Waals surface area contributed by atoms with Gasteiger partial charge < -0.3 is 5.32 Å². The molecule has 0 radical (unpaired) electrons. The summed E-state index contributed by atoms with van der Waals surface area (Å²) < 4.78 is 0. The van der Waals surface area contributed by atoms with Crippen LogP contribution in [0.5, 0.6) is 0 Å². The fourth-order valence-electron chi connectivity index (χ4n) is 1.57. The van der Waals surface area contributed by atoms with Gasteiger partial charge in [-0.05, 0) is 38.3 Å². The molecule has 0 amide bonds. The van der Waals surface area contributed by atoms with Crippen LogP contribution in [0.3, 0.4) is 0 Å². The Labute approximate surface area is 104 Å². The number of hydrogen-bond donors (Lipinski definition) is 1. The van der Waals surface area contributed by atoms with Crippen LogP contribution in [-0.2, 0) is 6.54 Å². The van der Waals surface area contributed by atoms with Gasteiger partial charge in [-0.15, -0.1) is 11.6 Å². The molecule has 90 valence electrons. The van der Waals surface area contributed by atoms with E-state index in [4.69, 9.17) is 11.6 Å². The summed E-state index contributed by atoms with van der Waals surface area (Å²) in [4.78, 5) is 0. The van der Waals surface area contributed by atoms with Crippen LogP contribution in [-0.4, -0.2) is 11.4 Å². The number of aryl methyl sites for hydroxylation is 2. The summed E-state index contributed by atoms with van der Waals surface area (Å²) >= 11 is 5.98. The van der Waals surface area contributed by atoms with E-state index in [1.54, 1.807) is 0 Å². The molecule has 16 heavy (non-hydrogen) atoms. The van der Waals surface area contributed by atoms with Crippen molar-refractivity contribution in [3.8, 4) is 0 Å². The normalized spacial score (nSPS) is 14.8. The highest BCUT2D eigenvalue weighted by Crippen LogP contribution is 2.15. The number of nitrogens with one attached hydrogen (secondary N) is 1. The second-order valence-electron chi connectivity index (χ2n) is 4.83. The molecule has 1 unspecified atom stereocenters. The summed E-state index contributed by atoms with van der Waals surface area (Å²) in [6.07, 6.45) is 1.04. The Morgan fingerprint density at radius 2 is 2.00 bits per heavy atom. The van der Waals surface area contributed by atoms with Gasteiger partial charge in [0.25, 0.3) is 0 Å². The largest absolute Gasteiger partial charge is 0.306 e. The predicted octanol–water partition coefficient (Wildman–Crippen LogP) is 3.80. The van der Waals surface area contributed by atoms with Crippen LogP contribution in [0.1, 0.15) is 37.0 Å². The molecular weight excluding hydrogens is 218 g/mol. The second-order valence-corrected chi connectivity index (χ2v) is 5.10. The zero-order valence-corrected chi connectivity index (χ0v) is 11.5. The highest BCUT2D eigenvalue weighted by molar-refractivity contribution is 6.18. The molecule has 0 aliphatic heterocycles. The molecule has 0 heterocycles. The first-order valence-electron chi connectivity index (χ1n) is 5.88. The standard InChI is InChI=1S/C14H22ClN/c1-5-14(4,10-15)16-9-13-8-11(2)6-7-12(13)3/h6-8,16H,5,9-10H2,1-4H3. The first-order chi connectivity index (χ1) is 7.50. The molecule has 1 atom stereocenters. The maximum Gasteiger partial charge on any atom is 0.0403 e. The maximum atomic E-state index is 5.98. The van der Waals surface area contributed by atoms with Gasteiger partial charge >= 0.3 is 0 Å². The molecule has 1 aromatic rings. The maximum absolute atomic E-state index is 5.98. The van der Waals surface area contributed by atoms with E-state index in [-0.39, 0.29) is 5.54 Å². The van der Waals surface area contributed by atoms with Gasteiger partial charge in [-0.2, -0.15) is 0 Å². The third-order valence-corrected chi connectivity index (χ3v) is 3.88. The topological polar surface area (TPSA) is 12.0 Å². The van der Waals surface area contributed by atoms with E-state index in [0.717, 1.165) is 13.0 Å². The Morgan fingerprint density at radius 1 is 1.31 bits per heavy atom. The van der Waals surface area contributed by atoms with E-state index in [2.05, 4.69) is 51.2 Å². The molecular formula is C14H22ClN. The lowest BCUT2D eigenvalue weighted by Crippen LogP contribution is -2.43. The highest BCUT2D eigenvalue weighted by Gasteiger charge is 2.19. The fourth-order valence-corrected chi connectivity index (χ4v) is 1.85. The number of hydrogen-bond acceptors (Lipinski definition) is 1. The van der Waals surface area contributed by atoms with Gasteiger partial charge in [0.15, 0.2) is 0 Å². The Morgan fingerprint density at radius 3 is 2.56 bits per heavy atom. The lowest BCUT2D eigenvalue weighted by Gasteiger charge is -2.27. The van der Waals surface area contributed by atoms with Crippen molar-refractivity contribution in [3.63, 3.8) is 0 Å². The van der Waals surface area contributed by atoms with Crippen molar-refractivity contribution in [1.29, 1.82) is 0 Å². The van der Waals surface area contributed by atoms with Crippen LogP contribution >= 0.6 is 11.6 Å². The zero-order chi connectivity index (χ0) is 12.2. The van der Waals surface area contributed by atoms with E-state index in [0.29, 0.717) is 5.88 Å². The monoisotopic (exact) mass is 239 g/mol. The third kappa shape index (κ3) is 3.50. The van der Waals surface area contributed by atoms with Crippen LogP contribution in [0.15, 0.2) is 18.2 Å². The first kappa shape index (κ1) is 13.5. The molecule has 1 aromatic carbocycles. The van der Waals surface area contributed by atoms with Crippen LogP contribution in [0, 0.1) is 13.8 Å². The summed E-state index contributed by atoms with van der Waals surface area (Å²) in [6.45, 7) is 9.51. The van der Waals surface area contributed by atoms with Gasteiger partial charge in [-0.3, -0.25) is 0 Å². The minimum absolute atomic E-state index is 0.0394. The summed E-state index contributed by atoms with van der Waals surface area (Å²) in [7, 11) is 0. The van der Waals surface area contributed by atoms with Gasteiger partial charge in [0.1, 0.15) is 0 Å². The Hall–Kier alpha value is -0.530. The summed E-state index contributed by atoms with van der Waals surface area (Å²) in [6, 6.07) is 6.57. The van der Waals surface area contributed by atoms with E-state index in [9.17, 15) is 0 Å². The van der Waals surface area contributed by atoms with Crippen LogP contribution in [0.4, 0.5) is 0 Å².